The molecule has 1 aliphatic heterocycles. The maximum atomic E-state index is 5.40. The van der Waals surface area contributed by atoms with E-state index in [0.29, 0.717) is 0 Å². The van der Waals surface area contributed by atoms with Crippen molar-refractivity contribution in [2.24, 2.45) is 0 Å². The highest BCUT2D eigenvalue weighted by Gasteiger charge is 2.08. The Balaban J connectivity index is 2.61. The molecule has 1 rings (SSSR count). The smallest absolute Gasteiger partial charge is 0.121 e. The average Bonchev–Trinajstić information content (AvgIpc) is 2.03. The third kappa shape index (κ3) is 2.26. The van der Waals surface area contributed by atoms with Crippen LogP contribution in [0.5, 0.6) is 0 Å². The van der Waals surface area contributed by atoms with Crippen LogP contribution in [0, 0.1) is 0 Å². The normalized spacial score (nSPS) is 22.6. The van der Waals surface area contributed by atoms with Crippen molar-refractivity contribution in [3.63, 3.8) is 0 Å². The molecule has 0 aromatic rings. The molecule has 11 heavy (non-hydrogen) atoms. The van der Waals surface area contributed by atoms with Crippen LogP contribution in [0.25, 0.3) is 0 Å². The Bertz CT molecular complexity index is 199. The molecule has 0 aromatic heterocycles. The van der Waals surface area contributed by atoms with E-state index in [9.17, 15) is 0 Å². The van der Waals surface area contributed by atoms with Crippen LogP contribution in [0.4, 0.5) is 0 Å². The predicted octanol–water partition coefficient (Wildman–Crippen LogP) is 2.81. The van der Waals surface area contributed by atoms with Crippen molar-refractivity contribution in [3.8, 4) is 0 Å². The SMILES string of the molecule is C=C1CCCOC1=CC=CC. The van der Waals surface area contributed by atoms with E-state index in [1.165, 1.54) is 0 Å². The zero-order valence-electron chi connectivity index (χ0n) is 6.97. The summed E-state index contributed by atoms with van der Waals surface area (Å²) in [6, 6.07) is 0. The first-order valence-corrected chi connectivity index (χ1v) is 3.98. The van der Waals surface area contributed by atoms with Crippen molar-refractivity contribution in [2.75, 3.05) is 6.61 Å². The standard InChI is InChI=1S/C10H14O/c1-3-4-7-10-9(2)6-5-8-11-10/h3-4,7H,2,5-6,8H2,1H3. The Hall–Kier alpha value is -0.980. The van der Waals surface area contributed by atoms with Crippen molar-refractivity contribution in [2.45, 2.75) is 19.8 Å². The zero-order chi connectivity index (χ0) is 8.10. The van der Waals surface area contributed by atoms with Crippen molar-refractivity contribution in [1.29, 1.82) is 0 Å². The molecule has 0 atom stereocenters. The number of ether oxygens (including phenoxy) is 1. The summed E-state index contributed by atoms with van der Waals surface area (Å²) in [5.74, 6) is 0.953. The molecule has 0 radical (unpaired) electrons. The number of hydrogen-bond donors (Lipinski definition) is 0. The van der Waals surface area contributed by atoms with Gasteiger partial charge in [0, 0.05) is 0 Å². The molecule has 1 heteroatoms. The summed E-state index contributed by atoms with van der Waals surface area (Å²) < 4.78 is 5.40. The minimum Gasteiger partial charge on any atom is -0.493 e. The highest BCUT2D eigenvalue weighted by Crippen LogP contribution is 2.21. The van der Waals surface area contributed by atoms with Crippen LogP contribution in [0.15, 0.2) is 36.1 Å². The van der Waals surface area contributed by atoms with Gasteiger partial charge in [0.25, 0.3) is 0 Å². The molecule has 1 heterocycles. The highest BCUT2D eigenvalue weighted by atomic mass is 16.5. The van der Waals surface area contributed by atoms with E-state index < -0.39 is 0 Å². The first kappa shape index (κ1) is 8.12. The summed E-state index contributed by atoms with van der Waals surface area (Å²) in [4.78, 5) is 0. The second-order valence-corrected chi connectivity index (χ2v) is 2.61. The minimum absolute atomic E-state index is 0.836. The van der Waals surface area contributed by atoms with Gasteiger partial charge in [0.15, 0.2) is 0 Å². The van der Waals surface area contributed by atoms with E-state index in [-0.39, 0.29) is 0 Å². The van der Waals surface area contributed by atoms with Gasteiger partial charge in [-0.1, -0.05) is 18.7 Å². The lowest BCUT2D eigenvalue weighted by Crippen LogP contribution is -2.04. The molecular formula is C10H14O. The second kappa shape index (κ2) is 4.02. The van der Waals surface area contributed by atoms with Gasteiger partial charge in [-0.25, -0.2) is 0 Å². The molecule has 0 aliphatic carbocycles. The van der Waals surface area contributed by atoms with Gasteiger partial charge >= 0.3 is 0 Å². The molecule has 1 nitrogen and oxygen atoms in total. The van der Waals surface area contributed by atoms with Gasteiger partial charge in [0.05, 0.1) is 6.61 Å². The van der Waals surface area contributed by atoms with E-state index in [2.05, 4.69) is 6.58 Å². The molecular weight excluding hydrogens is 136 g/mol. The Morgan fingerprint density at radius 1 is 1.55 bits per heavy atom. The van der Waals surface area contributed by atoms with Gasteiger partial charge in [-0.15, -0.1) is 0 Å². The Labute approximate surface area is 68.1 Å². The second-order valence-electron chi connectivity index (χ2n) is 2.61. The number of hydrogen-bond acceptors (Lipinski definition) is 1. The maximum Gasteiger partial charge on any atom is 0.121 e. The fourth-order valence-electron chi connectivity index (χ4n) is 1.04. The third-order valence-electron chi connectivity index (χ3n) is 1.67. The van der Waals surface area contributed by atoms with E-state index in [4.69, 9.17) is 4.74 Å². The topological polar surface area (TPSA) is 9.23 Å². The average molecular weight is 150 g/mol. The quantitative estimate of drug-likeness (QED) is 0.558. The Morgan fingerprint density at radius 2 is 2.36 bits per heavy atom. The first-order valence-electron chi connectivity index (χ1n) is 3.98. The van der Waals surface area contributed by atoms with Gasteiger partial charge < -0.3 is 4.74 Å². The summed E-state index contributed by atoms with van der Waals surface area (Å²) in [6.45, 7) is 6.75. The van der Waals surface area contributed by atoms with Gasteiger partial charge in [-0.2, -0.15) is 0 Å². The summed E-state index contributed by atoms with van der Waals surface area (Å²) >= 11 is 0. The van der Waals surface area contributed by atoms with Crippen molar-refractivity contribution >= 4 is 0 Å². The summed E-state index contributed by atoms with van der Waals surface area (Å²) in [5.41, 5.74) is 1.12. The van der Waals surface area contributed by atoms with Crippen molar-refractivity contribution in [3.05, 3.63) is 36.1 Å². The Kier molecular flexibility index (Phi) is 2.96. The summed E-state index contributed by atoms with van der Waals surface area (Å²) in [7, 11) is 0. The molecule has 1 aliphatic rings. The van der Waals surface area contributed by atoms with Crippen LogP contribution in [0.2, 0.25) is 0 Å². The van der Waals surface area contributed by atoms with Crippen LogP contribution in [-0.2, 0) is 4.74 Å². The predicted molar refractivity (Wildman–Crippen MR) is 47.2 cm³/mol. The van der Waals surface area contributed by atoms with E-state index >= 15 is 0 Å². The van der Waals surface area contributed by atoms with Crippen LogP contribution in [0.3, 0.4) is 0 Å². The molecule has 1 fully saturated rings. The van der Waals surface area contributed by atoms with Crippen molar-refractivity contribution in [1.82, 2.24) is 0 Å². The number of rotatable bonds is 1. The van der Waals surface area contributed by atoms with Gasteiger partial charge in [-0.05, 0) is 31.4 Å². The largest absolute Gasteiger partial charge is 0.493 e. The lowest BCUT2D eigenvalue weighted by Gasteiger charge is -2.17. The van der Waals surface area contributed by atoms with Crippen LogP contribution < -0.4 is 0 Å². The molecule has 0 saturated carbocycles. The van der Waals surface area contributed by atoms with Gasteiger partial charge in [0.1, 0.15) is 5.76 Å². The van der Waals surface area contributed by atoms with Crippen LogP contribution in [0.1, 0.15) is 19.8 Å². The zero-order valence-corrected chi connectivity index (χ0v) is 6.97. The van der Waals surface area contributed by atoms with Crippen LogP contribution >= 0.6 is 0 Å². The Morgan fingerprint density at radius 3 is 3.00 bits per heavy atom. The van der Waals surface area contributed by atoms with E-state index in [0.717, 1.165) is 30.8 Å². The molecule has 0 amide bonds. The monoisotopic (exact) mass is 150 g/mol. The third-order valence-corrected chi connectivity index (χ3v) is 1.67. The number of allylic oxidation sites excluding steroid dienone is 4. The van der Waals surface area contributed by atoms with E-state index in [1.807, 2.05) is 25.2 Å². The summed E-state index contributed by atoms with van der Waals surface area (Å²) in [6.07, 6.45) is 8.11. The molecule has 1 saturated heterocycles. The first-order chi connectivity index (χ1) is 5.34. The fraction of sp³-hybridized carbons (Fsp3) is 0.400. The lowest BCUT2D eigenvalue weighted by atomic mass is 10.1. The molecule has 0 aromatic carbocycles. The molecule has 0 bridgehead atoms. The van der Waals surface area contributed by atoms with Crippen molar-refractivity contribution < 1.29 is 4.74 Å². The molecule has 0 unspecified atom stereocenters. The molecule has 60 valence electrons. The van der Waals surface area contributed by atoms with Crippen LogP contribution in [-0.4, -0.2) is 6.61 Å². The highest BCUT2D eigenvalue weighted by molar-refractivity contribution is 5.27. The van der Waals surface area contributed by atoms with Gasteiger partial charge in [-0.3, -0.25) is 0 Å². The van der Waals surface area contributed by atoms with E-state index in [1.54, 1.807) is 0 Å². The molecule has 0 spiro atoms. The fourth-order valence-corrected chi connectivity index (χ4v) is 1.04. The lowest BCUT2D eigenvalue weighted by molar-refractivity contribution is 0.194. The summed E-state index contributed by atoms with van der Waals surface area (Å²) in [5, 5.41) is 0. The molecule has 0 N–H and O–H groups in total. The minimum atomic E-state index is 0.836. The maximum absolute atomic E-state index is 5.40. The van der Waals surface area contributed by atoms with Gasteiger partial charge in [0.2, 0.25) is 0 Å².